The van der Waals surface area contributed by atoms with E-state index in [1.54, 1.807) is 11.8 Å². The van der Waals surface area contributed by atoms with E-state index >= 15 is 0 Å². The second-order valence-corrected chi connectivity index (χ2v) is 5.66. The van der Waals surface area contributed by atoms with Gasteiger partial charge in [0, 0.05) is 44.9 Å². The van der Waals surface area contributed by atoms with E-state index in [4.69, 9.17) is 0 Å². The molecule has 0 N–H and O–H groups in total. The van der Waals surface area contributed by atoms with Crippen molar-refractivity contribution in [3.05, 3.63) is 18.0 Å². The molecule has 0 spiro atoms. The van der Waals surface area contributed by atoms with Gasteiger partial charge in [-0.2, -0.15) is 13.2 Å². The standard InChI is InChI=1S/C15H21F3N4O/c1-3-22(11(2)23)13-6-9-21(10-13)14-19-8-5-12(20-14)4-7-15(16,17)18/h5,8,13H,3-4,6-7,9-10H2,1-2H3. The molecule has 0 bridgehead atoms. The molecule has 1 saturated heterocycles. The van der Waals surface area contributed by atoms with E-state index in [0.717, 1.165) is 6.42 Å². The number of nitrogens with zero attached hydrogens (tertiary/aromatic N) is 4. The van der Waals surface area contributed by atoms with E-state index < -0.39 is 12.6 Å². The first kappa shape index (κ1) is 17.5. The first-order valence-electron chi connectivity index (χ1n) is 7.71. The molecule has 1 aliphatic heterocycles. The predicted molar refractivity (Wildman–Crippen MR) is 80.1 cm³/mol. The average molecular weight is 330 g/mol. The summed E-state index contributed by atoms with van der Waals surface area (Å²) in [5.74, 6) is 0.464. The second-order valence-electron chi connectivity index (χ2n) is 5.66. The minimum absolute atomic E-state index is 0.0270. The lowest BCUT2D eigenvalue weighted by Crippen LogP contribution is -2.40. The third kappa shape index (κ3) is 4.80. The number of rotatable bonds is 5. The van der Waals surface area contributed by atoms with Gasteiger partial charge in [-0.15, -0.1) is 0 Å². The Balaban J connectivity index is 2.01. The van der Waals surface area contributed by atoms with Crippen molar-refractivity contribution >= 4 is 11.9 Å². The van der Waals surface area contributed by atoms with E-state index in [1.807, 2.05) is 11.8 Å². The molecule has 23 heavy (non-hydrogen) atoms. The van der Waals surface area contributed by atoms with Crippen LogP contribution in [0.3, 0.4) is 0 Å². The van der Waals surface area contributed by atoms with Crippen molar-refractivity contribution < 1.29 is 18.0 Å². The van der Waals surface area contributed by atoms with Crippen molar-refractivity contribution in [1.29, 1.82) is 0 Å². The van der Waals surface area contributed by atoms with Gasteiger partial charge in [0.15, 0.2) is 0 Å². The highest BCUT2D eigenvalue weighted by molar-refractivity contribution is 5.73. The summed E-state index contributed by atoms with van der Waals surface area (Å²) in [5, 5.41) is 0. The van der Waals surface area contributed by atoms with Crippen LogP contribution in [-0.2, 0) is 11.2 Å². The Bertz CT molecular complexity index is 550. The Hall–Kier alpha value is -1.86. The van der Waals surface area contributed by atoms with Crippen molar-refractivity contribution in [2.24, 2.45) is 0 Å². The van der Waals surface area contributed by atoms with Gasteiger partial charge in [-0.05, 0) is 25.8 Å². The lowest BCUT2D eigenvalue weighted by molar-refractivity contribution is -0.134. The molecule has 1 aliphatic rings. The fraction of sp³-hybridized carbons (Fsp3) is 0.667. The van der Waals surface area contributed by atoms with E-state index in [2.05, 4.69) is 9.97 Å². The molecule has 8 heteroatoms. The Morgan fingerprint density at radius 2 is 2.22 bits per heavy atom. The topological polar surface area (TPSA) is 49.3 Å². The summed E-state index contributed by atoms with van der Waals surface area (Å²) < 4.78 is 36.9. The van der Waals surface area contributed by atoms with E-state index in [9.17, 15) is 18.0 Å². The quantitative estimate of drug-likeness (QED) is 0.832. The van der Waals surface area contributed by atoms with Gasteiger partial charge >= 0.3 is 6.18 Å². The number of alkyl halides is 3. The molecule has 1 unspecified atom stereocenters. The van der Waals surface area contributed by atoms with Gasteiger partial charge in [0.2, 0.25) is 11.9 Å². The van der Waals surface area contributed by atoms with Crippen LogP contribution in [0.1, 0.15) is 32.4 Å². The molecule has 0 aromatic carbocycles. The highest BCUT2D eigenvalue weighted by atomic mass is 19.4. The van der Waals surface area contributed by atoms with Crippen LogP contribution in [0.4, 0.5) is 19.1 Å². The zero-order chi connectivity index (χ0) is 17.0. The summed E-state index contributed by atoms with van der Waals surface area (Å²) in [4.78, 5) is 23.7. The summed E-state index contributed by atoms with van der Waals surface area (Å²) in [5.41, 5.74) is 0.384. The summed E-state index contributed by atoms with van der Waals surface area (Å²) in [6.07, 6.45) is -2.93. The molecule has 1 fully saturated rings. The Morgan fingerprint density at radius 1 is 1.48 bits per heavy atom. The molecule has 0 aliphatic carbocycles. The molecular weight excluding hydrogens is 309 g/mol. The maximum Gasteiger partial charge on any atom is 0.389 e. The Kier molecular flexibility index (Phi) is 5.43. The van der Waals surface area contributed by atoms with E-state index in [-0.39, 0.29) is 18.4 Å². The van der Waals surface area contributed by atoms with Crippen LogP contribution in [0, 0.1) is 0 Å². The monoisotopic (exact) mass is 330 g/mol. The largest absolute Gasteiger partial charge is 0.389 e. The Labute approximate surface area is 133 Å². The molecule has 5 nitrogen and oxygen atoms in total. The number of carbonyl (C=O) groups is 1. The van der Waals surface area contributed by atoms with E-state index in [1.165, 1.54) is 12.3 Å². The Morgan fingerprint density at radius 3 is 2.83 bits per heavy atom. The SMILES string of the molecule is CCN(C(C)=O)C1CCN(c2nccc(CCC(F)(F)F)n2)C1. The van der Waals surface area contributed by atoms with Crippen LogP contribution in [0.25, 0.3) is 0 Å². The first-order chi connectivity index (χ1) is 10.8. The highest BCUT2D eigenvalue weighted by Gasteiger charge is 2.30. The lowest BCUT2D eigenvalue weighted by atomic mass is 10.2. The number of hydrogen-bond donors (Lipinski definition) is 0. The molecule has 1 aromatic rings. The third-order valence-corrected chi connectivity index (χ3v) is 4.00. The van der Waals surface area contributed by atoms with Gasteiger partial charge in [-0.1, -0.05) is 0 Å². The second kappa shape index (κ2) is 7.14. The van der Waals surface area contributed by atoms with Crippen LogP contribution in [0.2, 0.25) is 0 Å². The molecule has 1 atom stereocenters. The van der Waals surface area contributed by atoms with Gasteiger partial charge in [0.25, 0.3) is 0 Å². The molecule has 1 aromatic heterocycles. The number of anilines is 1. The fourth-order valence-corrected chi connectivity index (χ4v) is 2.86. The maximum atomic E-state index is 12.3. The summed E-state index contributed by atoms with van der Waals surface area (Å²) in [6.45, 7) is 5.41. The van der Waals surface area contributed by atoms with Crippen LogP contribution >= 0.6 is 0 Å². The number of hydrogen-bond acceptors (Lipinski definition) is 4. The van der Waals surface area contributed by atoms with Crippen molar-refractivity contribution in [2.75, 3.05) is 24.5 Å². The lowest BCUT2D eigenvalue weighted by Gasteiger charge is -2.26. The minimum atomic E-state index is -4.19. The number of likely N-dealkylation sites (N-methyl/N-ethyl adjacent to an activating group) is 1. The fourth-order valence-electron chi connectivity index (χ4n) is 2.86. The first-order valence-corrected chi connectivity index (χ1v) is 7.71. The van der Waals surface area contributed by atoms with Gasteiger partial charge in [0.05, 0.1) is 6.04 Å². The van der Waals surface area contributed by atoms with E-state index in [0.29, 0.717) is 31.3 Å². The predicted octanol–water partition coefficient (Wildman–Crippen LogP) is 2.42. The van der Waals surface area contributed by atoms with Crippen molar-refractivity contribution in [3.63, 3.8) is 0 Å². The molecule has 2 rings (SSSR count). The smallest absolute Gasteiger partial charge is 0.339 e. The number of halogens is 3. The summed E-state index contributed by atoms with van der Waals surface area (Å²) >= 11 is 0. The van der Waals surface area contributed by atoms with Gasteiger partial charge in [-0.25, -0.2) is 9.97 Å². The molecular formula is C15H21F3N4O. The van der Waals surface area contributed by atoms with Crippen molar-refractivity contribution in [3.8, 4) is 0 Å². The average Bonchev–Trinajstić information content (AvgIpc) is 2.95. The van der Waals surface area contributed by atoms with Crippen molar-refractivity contribution in [1.82, 2.24) is 14.9 Å². The van der Waals surface area contributed by atoms with Crippen LogP contribution in [0.5, 0.6) is 0 Å². The molecule has 2 heterocycles. The molecule has 1 amide bonds. The summed E-state index contributed by atoms with van der Waals surface area (Å²) in [7, 11) is 0. The third-order valence-electron chi connectivity index (χ3n) is 4.00. The molecule has 0 saturated carbocycles. The van der Waals surface area contributed by atoms with Gasteiger partial charge in [-0.3, -0.25) is 4.79 Å². The van der Waals surface area contributed by atoms with Crippen LogP contribution < -0.4 is 4.90 Å². The number of aryl methyl sites for hydroxylation is 1. The van der Waals surface area contributed by atoms with Crippen molar-refractivity contribution in [2.45, 2.75) is 45.3 Å². The number of amides is 1. The zero-order valence-electron chi connectivity index (χ0n) is 13.3. The number of aromatic nitrogens is 2. The van der Waals surface area contributed by atoms with Crippen LogP contribution in [0.15, 0.2) is 12.3 Å². The number of carbonyl (C=O) groups excluding carboxylic acids is 1. The zero-order valence-corrected chi connectivity index (χ0v) is 13.3. The molecule has 128 valence electrons. The highest BCUT2D eigenvalue weighted by Crippen LogP contribution is 2.23. The minimum Gasteiger partial charge on any atom is -0.339 e. The molecule has 0 radical (unpaired) electrons. The maximum absolute atomic E-state index is 12.3. The van der Waals surface area contributed by atoms with Crippen LogP contribution in [-0.4, -0.2) is 52.6 Å². The van der Waals surface area contributed by atoms with Gasteiger partial charge < -0.3 is 9.80 Å². The van der Waals surface area contributed by atoms with Gasteiger partial charge in [0.1, 0.15) is 0 Å². The normalized spacial score (nSPS) is 18.3. The summed E-state index contributed by atoms with van der Waals surface area (Å²) in [6, 6.07) is 1.61.